The maximum atomic E-state index is 12.2. The molecule has 2 rings (SSSR count). The van der Waals surface area contributed by atoms with Gasteiger partial charge in [-0.15, -0.1) is 0 Å². The van der Waals surface area contributed by atoms with Gasteiger partial charge < -0.3 is 11.1 Å². The van der Waals surface area contributed by atoms with Crippen LogP contribution in [-0.4, -0.2) is 5.91 Å². The summed E-state index contributed by atoms with van der Waals surface area (Å²) in [4.78, 5) is 12.2. The van der Waals surface area contributed by atoms with E-state index in [1.807, 2.05) is 31.2 Å². The number of anilines is 2. The molecule has 0 aromatic heterocycles. The monoisotopic (exact) mass is 254 g/mol. The quantitative estimate of drug-likeness (QED) is 0.825. The van der Waals surface area contributed by atoms with Gasteiger partial charge in [0.15, 0.2) is 0 Å². The van der Waals surface area contributed by atoms with Crippen LogP contribution in [0.25, 0.3) is 0 Å². The van der Waals surface area contributed by atoms with Crippen molar-refractivity contribution >= 4 is 17.3 Å². The summed E-state index contributed by atoms with van der Waals surface area (Å²) in [5, 5.41) is 2.88. The lowest BCUT2D eigenvalue weighted by Crippen LogP contribution is -2.14. The number of carbonyl (C=O) groups is 1. The van der Waals surface area contributed by atoms with Crippen molar-refractivity contribution in [2.45, 2.75) is 20.3 Å². The number of nitrogens with one attached hydrogen (secondary N) is 1. The molecule has 0 saturated heterocycles. The Morgan fingerprint density at radius 2 is 1.84 bits per heavy atom. The van der Waals surface area contributed by atoms with Crippen LogP contribution in [0.3, 0.4) is 0 Å². The minimum atomic E-state index is -0.131. The molecule has 0 bridgehead atoms. The lowest BCUT2D eigenvalue weighted by Gasteiger charge is -2.09. The van der Waals surface area contributed by atoms with Crippen molar-refractivity contribution in [1.82, 2.24) is 0 Å². The van der Waals surface area contributed by atoms with Crippen molar-refractivity contribution < 1.29 is 4.79 Å². The molecule has 98 valence electrons. The SMILES string of the molecule is CCc1ccc(NC(=O)c2cccc(N)c2C)cc1. The Kier molecular flexibility index (Phi) is 3.85. The molecule has 3 heteroatoms. The average molecular weight is 254 g/mol. The second-order valence-electron chi connectivity index (χ2n) is 4.52. The molecule has 0 atom stereocenters. The number of hydrogen-bond acceptors (Lipinski definition) is 2. The van der Waals surface area contributed by atoms with E-state index in [1.54, 1.807) is 18.2 Å². The molecule has 3 N–H and O–H groups in total. The molecule has 2 aromatic carbocycles. The highest BCUT2D eigenvalue weighted by Crippen LogP contribution is 2.17. The number of nitrogen functional groups attached to an aromatic ring is 1. The highest BCUT2D eigenvalue weighted by Gasteiger charge is 2.10. The van der Waals surface area contributed by atoms with Crippen LogP contribution in [0.15, 0.2) is 42.5 Å². The largest absolute Gasteiger partial charge is 0.398 e. The zero-order chi connectivity index (χ0) is 13.8. The third-order valence-corrected chi connectivity index (χ3v) is 3.24. The van der Waals surface area contributed by atoms with E-state index in [-0.39, 0.29) is 5.91 Å². The summed E-state index contributed by atoms with van der Waals surface area (Å²) in [6.07, 6.45) is 0.989. The summed E-state index contributed by atoms with van der Waals surface area (Å²) in [5.41, 5.74) is 9.91. The van der Waals surface area contributed by atoms with Crippen LogP contribution in [0.2, 0.25) is 0 Å². The van der Waals surface area contributed by atoms with E-state index in [9.17, 15) is 4.79 Å². The Morgan fingerprint density at radius 1 is 1.16 bits per heavy atom. The van der Waals surface area contributed by atoms with Crippen molar-refractivity contribution in [1.29, 1.82) is 0 Å². The first-order valence-electron chi connectivity index (χ1n) is 6.37. The van der Waals surface area contributed by atoms with Crippen LogP contribution in [-0.2, 0) is 6.42 Å². The first-order valence-corrected chi connectivity index (χ1v) is 6.37. The van der Waals surface area contributed by atoms with Gasteiger partial charge in [0.25, 0.3) is 5.91 Å². The predicted molar refractivity (Wildman–Crippen MR) is 79.4 cm³/mol. The number of aryl methyl sites for hydroxylation is 1. The summed E-state index contributed by atoms with van der Waals surface area (Å²) in [6, 6.07) is 13.2. The van der Waals surface area contributed by atoms with E-state index in [0.29, 0.717) is 11.3 Å². The van der Waals surface area contributed by atoms with Gasteiger partial charge in [0.2, 0.25) is 0 Å². The molecule has 0 radical (unpaired) electrons. The van der Waals surface area contributed by atoms with Crippen LogP contribution in [0, 0.1) is 6.92 Å². The van der Waals surface area contributed by atoms with Gasteiger partial charge in [-0.25, -0.2) is 0 Å². The van der Waals surface area contributed by atoms with Crippen LogP contribution in [0.1, 0.15) is 28.4 Å². The van der Waals surface area contributed by atoms with E-state index in [0.717, 1.165) is 17.7 Å². The summed E-state index contributed by atoms with van der Waals surface area (Å²) in [6.45, 7) is 3.95. The lowest BCUT2D eigenvalue weighted by atomic mass is 10.1. The number of amides is 1. The van der Waals surface area contributed by atoms with Crippen LogP contribution in [0.5, 0.6) is 0 Å². The summed E-state index contributed by atoms with van der Waals surface area (Å²) < 4.78 is 0. The standard InChI is InChI=1S/C16H18N2O/c1-3-12-7-9-13(10-8-12)18-16(19)14-5-4-6-15(17)11(14)2/h4-10H,3,17H2,1-2H3,(H,18,19). The van der Waals surface area contributed by atoms with Crippen molar-refractivity contribution in [2.24, 2.45) is 0 Å². The normalized spacial score (nSPS) is 10.2. The third kappa shape index (κ3) is 2.94. The van der Waals surface area contributed by atoms with Gasteiger partial charge >= 0.3 is 0 Å². The maximum absolute atomic E-state index is 12.2. The molecule has 3 nitrogen and oxygen atoms in total. The Morgan fingerprint density at radius 3 is 2.47 bits per heavy atom. The van der Waals surface area contributed by atoms with Gasteiger partial charge in [-0.05, 0) is 48.7 Å². The maximum Gasteiger partial charge on any atom is 0.256 e. The second-order valence-corrected chi connectivity index (χ2v) is 4.52. The minimum absolute atomic E-state index is 0.131. The zero-order valence-electron chi connectivity index (χ0n) is 11.2. The predicted octanol–water partition coefficient (Wildman–Crippen LogP) is 3.39. The average Bonchev–Trinajstić information content (AvgIpc) is 2.42. The Hall–Kier alpha value is -2.29. The fourth-order valence-corrected chi connectivity index (χ4v) is 1.92. The van der Waals surface area contributed by atoms with Crippen LogP contribution in [0.4, 0.5) is 11.4 Å². The van der Waals surface area contributed by atoms with Crippen molar-refractivity contribution in [3.05, 3.63) is 59.2 Å². The first-order chi connectivity index (χ1) is 9.11. The zero-order valence-corrected chi connectivity index (χ0v) is 11.2. The molecule has 0 aliphatic carbocycles. The summed E-state index contributed by atoms with van der Waals surface area (Å²) in [7, 11) is 0. The molecular weight excluding hydrogens is 236 g/mol. The number of carbonyl (C=O) groups excluding carboxylic acids is 1. The molecule has 2 aromatic rings. The van der Waals surface area contributed by atoms with Crippen molar-refractivity contribution in [3.63, 3.8) is 0 Å². The van der Waals surface area contributed by atoms with Gasteiger partial charge in [-0.1, -0.05) is 25.1 Å². The summed E-state index contributed by atoms with van der Waals surface area (Å²) >= 11 is 0. The fourth-order valence-electron chi connectivity index (χ4n) is 1.92. The van der Waals surface area contributed by atoms with Crippen LogP contribution < -0.4 is 11.1 Å². The molecule has 0 spiro atoms. The van der Waals surface area contributed by atoms with Crippen molar-refractivity contribution in [3.8, 4) is 0 Å². The molecule has 0 saturated carbocycles. The number of rotatable bonds is 3. The van der Waals surface area contributed by atoms with Gasteiger partial charge in [0.1, 0.15) is 0 Å². The first kappa shape index (κ1) is 13.1. The number of hydrogen-bond donors (Lipinski definition) is 2. The highest BCUT2D eigenvalue weighted by atomic mass is 16.1. The minimum Gasteiger partial charge on any atom is -0.398 e. The van der Waals surface area contributed by atoms with Crippen molar-refractivity contribution in [2.75, 3.05) is 11.1 Å². The Labute approximate surface area is 113 Å². The van der Waals surface area contributed by atoms with E-state index in [2.05, 4.69) is 12.2 Å². The smallest absolute Gasteiger partial charge is 0.256 e. The second kappa shape index (κ2) is 5.57. The topological polar surface area (TPSA) is 55.1 Å². The van der Waals surface area contributed by atoms with Crippen LogP contribution >= 0.6 is 0 Å². The van der Waals surface area contributed by atoms with Gasteiger partial charge in [0.05, 0.1) is 0 Å². The Balaban J connectivity index is 2.18. The third-order valence-electron chi connectivity index (χ3n) is 3.24. The van der Waals surface area contributed by atoms with E-state index in [4.69, 9.17) is 5.73 Å². The van der Waals surface area contributed by atoms with E-state index in [1.165, 1.54) is 5.56 Å². The van der Waals surface area contributed by atoms with Gasteiger partial charge in [-0.2, -0.15) is 0 Å². The number of benzene rings is 2. The van der Waals surface area contributed by atoms with E-state index >= 15 is 0 Å². The molecule has 0 heterocycles. The Bertz CT molecular complexity index is 588. The van der Waals surface area contributed by atoms with Gasteiger partial charge in [-0.3, -0.25) is 4.79 Å². The molecular formula is C16H18N2O. The number of nitrogens with two attached hydrogens (primary N) is 1. The van der Waals surface area contributed by atoms with E-state index < -0.39 is 0 Å². The molecule has 0 aliphatic rings. The van der Waals surface area contributed by atoms with Gasteiger partial charge in [0, 0.05) is 16.9 Å². The summed E-state index contributed by atoms with van der Waals surface area (Å²) in [5.74, 6) is -0.131. The highest BCUT2D eigenvalue weighted by molar-refractivity contribution is 6.06. The fraction of sp³-hybridized carbons (Fsp3) is 0.188. The molecule has 0 fully saturated rings. The molecule has 0 unspecified atom stereocenters. The molecule has 0 aliphatic heterocycles. The molecule has 19 heavy (non-hydrogen) atoms. The lowest BCUT2D eigenvalue weighted by molar-refractivity contribution is 0.102. The molecule has 1 amide bonds.